The molecule has 6 heteroatoms. The zero-order valence-electron chi connectivity index (χ0n) is 19.3. The molecule has 160 valence electrons. The first-order chi connectivity index (χ1) is 13.8. The Hall–Kier alpha value is -2.52. The normalized spacial score (nSPS) is 21.8. The number of imide groups is 1. The summed E-state index contributed by atoms with van der Waals surface area (Å²) in [6.45, 7) is 12.1. The summed E-state index contributed by atoms with van der Waals surface area (Å²) in [6, 6.07) is 5.69. The Morgan fingerprint density at radius 3 is 2.50 bits per heavy atom. The minimum absolute atomic E-state index is 0.0859. The van der Waals surface area contributed by atoms with E-state index < -0.39 is 19.8 Å². The smallest absolute Gasteiger partial charge is 0.417 e. The van der Waals surface area contributed by atoms with Crippen molar-refractivity contribution in [3.05, 3.63) is 46.7 Å². The average molecular weight is 425 g/mol. The highest BCUT2D eigenvalue weighted by molar-refractivity contribution is 6.83. The highest BCUT2D eigenvalue weighted by atomic mass is 28.3. The predicted molar refractivity (Wildman–Crippen MR) is 121 cm³/mol. The van der Waals surface area contributed by atoms with Crippen molar-refractivity contribution in [2.24, 2.45) is 5.92 Å². The standard InChI is InChI=1S/C24H32N2O3Si/c1-24(2,3)29-23(28)26-21-17-11-9-10-16(12-13-30(6,7)8)18(17)14-19(21)20(22(26)27)15-25(4)5/h9-11,15,19,21H,14H2,1-8H3. The highest BCUT2D eigenvalue weighted by Crippen LogP contribution is 2.50. The van der Waals surface area contributed by atoms with Crippen LogP contribution >= 0.6 is 0 Å². The number of hydrogen-bond donors (Lipinski definition) is 0. The fraction of sp³-hybridized carbons (Fsp3) is 0.500. The number of benzene rings is 1. The molecule has 0 radical (unpaired) electrons. The molecule has 1 aromatic carbocycles. The van der Waals surface area contributed by atoms with E-state index in [9.17, 15) is 9.59 Å². The fourth-order valence-corrected chi connectivity index (χ4v) is 4.50. The van der Waals surface area contributed by atoms with Crippen molar-refractivity contribution < 1.29 is 14.3 Å². The zero-order chi connectivity index (χ0) is 22.4. The fourth-order valence-electron chi connectivity index (χ4n) is 3.99. The van der Waals surface area contributed by atoms with Crippen molar-refractivity contribution in [3.8, 4) is 11.5 Å². The van der Waals surface area contributed by atoms with Gasteiger partial charge in [0.25, 0.3) is 5.91 Å². The van der Waals surface area contributed by atoms with Crippen LogP contribution in [-0.4, -0.2) is 49.6 Å². The number of amides is 2. The van der Waals surface area contributed by atoms with Crippen molar-refractivity contribution in [1.29, 1.82) is 0 Å². The van der Waals surface area contributed by atoms with E-state index in [-0.39, 0.29) is 17.9 Å². The molecule has 1 aliphatic heterocycles. The molecule has 0 spiro atoms. The Balaban J connectivity index is 2.10. The molecule has 1 fully saturated rings. The van der Waals surface area contributed by atoms with Crippen LogP contribution < -0.4 is 0 Å². The van der Waals surface area contributed by atoms with Gasteiger partial charge in [-0.3, -0.25) is 4.79 Å². The van der Waals surface area contributed by atoms with Crippen LogP contribution in [0.3, 0.4) is 0 Å². The van der Waals surface area contributed by atoms with Gasteiger partial charge in [0.2, 0.25) is 0 Å². The lowest BCUT2D eigenvalue weighted by molar-refractivity contribution is -0.125. The van der Waals surface area contributed by atoms with Crippen molar-refractivity contribution >= 4 is 20.1 Å². The summed E-state index contributed by atoms with van der Waals surface area (Å²) >= 11 is 0. The molecule has 3 rings (SSSR count). The molecular weight excluding hydrogens is 392 g/mol. The Morgan fingerprint density at radius 2 is 1.93 bits per heavy atom. The van der Waals surface area contributed by atoms with Crippen LogP contribution in [-0.2, 0) is 16.0 Å². The third kappa shape index (κ3) is 4.46. The van der Waals surface area contributed by atoms with E-state index in [4.69, 9.17) is 4.74 Å². The molecule has 0 N–H and O–H groups in total. The number of rotatable bonds is 1. The molecule has 1 saturated heterocycles. The van der Waals surface area contributed by atoms with Gasteiger partial charge in [0.15, 0.2) is 0 Å². The monoisotopic (exact) mass is 424 g/mol. The van der Waals surface area contributed by atoms with Crippen LogP contribution in [0.25, 0.3) is 0 Å². The quantitative estimate of drug-likeness (QED) is 0.382. The van der Waals surface area contributed by atoms with E-state index in [2.05, 4.69) is 31.1 Å². The Kier molecular flexibility index (Phi) is 5.63. The van der Waals surface area contributed by atoms with Crippen LogP contribution in [0, 0.1) is 17.4 Å². The van der Waals surface area contributed by atoms with Crippen LogP contribution in [0.5, 0.6) is 0 Å². The maximum Gasteiger partial charge on any atom is 0.417 e. The molecule has 0 aromatic heterocycles. The van der Waals surface area contributed by atoms with E-state index in [1.165, 1.54) is 4.90 Å². The number of ether oxygens (including phenoxy) is 1. The third-order valence-electron chi connectivity index (χ3n) is 5.04. The Morgan fingerprint density at radius 1 is 1.27 bits per heavy atom. The molecule has 2 unspecified atom stereocenters. The minimum Gasteiger partial charge on any atom is -0.443 e. The molecule has 0 saturated carbocycles. The van der Waals surface area contributed by atoms with Crippen molar-refractivity contribution in [1.82, 2.24) is 9.80 Å². The second-order valence-electron chi connectivity index (χ2n) is 10.3. The summed E-state index contributed by atoms with van der Waals surface area (Å²) in [5, 5.41) is 0. The summed E-state index contributed by atoms with van der Waals surface area (Å²) in [5.74, 6) is 3.03. The molecule has 1 aromatic rings. The van der Waals surface area contributed by atoms with Crippen LogP contribution in [0.15, 0.2) is 30.0 Å². The molecule has 5 nitrogen and oxygen atoms in total. The van der Waals surface area contributed by atoms with E-state index in [0.717, 1.165) is 16.7 Å². The largest absolute Gasteiger partial charge is 0.443 e. The number of carbonyl (C=O) groups excluding carboxylic acids is 2. The first-order valence-corrected chi connectivity index (χ1v) is 13.9. The number of carbonyl (C=O) groups is 2. The SMILES string of the molecule is CN(C)C=C1C(=O)N(C(=O)OC(C)(C)C)C2c3cccc(C#C[Si](C)(C)C)c3CC12. The summed E-state index contributed by atoms with van der Waals surface area (Å²) in [5.41, 5.74) is 6.57. The lowest BCUT2D eigenvalue weighted by Gasteiger charge is -2.27. The van der Waals surface area contributed by atoms with E-state index >= 15 is 0 Å². The molecule has 2 amide bonds. The van der Waals surface area contributed by atoms with E-state index in [0.29, 0.717) is 12.0 Å². The van der Waals surface area contributed by atoms with Crippen LogP contribution in [0.1, 0.15) is 43.5 Å². The van der Waals surface area contributed by atoms with Crippen molar-refractivity contribution in [3.63, 3.8) is 0 Å². The molecule has 30 heavy (non-hydrogen) atoms. The zero-order valence-corrected chi connectivity index (χ0v) is 20.3. The van der Waals surface area contributed by atoms with Crippen molar-refractivity contribution in [2.45, 2.75) is 58.5 Å². The minimum atomic E-state index is -1.52. The highest BCUT2D eigenvalue weighted by Gasteiger charge is 2.53. The maximum atomic E-state index is 13.2. The lowest BCUT2D eigenvalue weighted by atomic mass is 9.97. The summed E-state index contributed by atoms with van der Waals surface area (Å²) in [7, 11) is 2.25. The van der Waals surface area contributed by atoms with Gasteiger partial charge in [-0.25, -0.2) is 9.69 Å². The van der Waals surface area contributed by atoms with Gasteiger partial charge in [0, 0.05) is 37.3 Å². The van der Waals surface area contributed by atoms with Gasteiger partial charge in [0.1, 0.15) is 13.7 Å². The van der Waals surface area contributed by atoms with Gasteiger partial charge < -0.3 is 9.64 Å². The second kappa shape index (κ2) is 7.62. The Labute approximate surface area is 181 Å². The maximum absolute atomic E-state index is 13.2. The van der Waals surface area contributed by atoms with Crippen LogP contribution in [0.4, 0.5) is 4.79 Å². The topological polar surface area (TPSA) is 49.9 Å². The first kappa shape index (κ1) is 22.2. The van der Waals surface area contributed by atoms with E-state index in [1.807, 2.05) is 64.2 Å². The molecule has 0 bridgehead atoms. The number of nitrogens with zero attached hydrogens (tertiary/aromatic N) is 2. The number of likely N-dealkylation sites (tertiary alicyclic amines) is 1. The molecule has 2 atom stereocenters. The van der Waals surface area contributed by atoms with Gasteiger partial charge in [-0.2, -0.15) is 0 Å². The second-order valence-corrected chi connectivity index (χ2v) is 15.1. The van der Waals surface area contributed by atoms with E-state index in [1.54, 1.807) is 0 Å². The molecule has 1 aliphatic carbocycles. The summed E-state index contributed by atoms with van der Waals surface area (Å²) in [6.07, 6.45) is 1.95. The third-order valence-corrected chi connectivity index (χ3v) is 5.91. The Bertz CT molecular complexity index is 971. The van der Waals surface area contributed by atoms with Gasteiger partial charge in [-0.1, -0.05) is 37.7 Å². The van der Waals surface area contributed by atoms with Crippen LogP contribution in [0.2, 0.25) is 19.6 Å². The number of hydrogen-bond acceptors (Lipinski definition) is 4. The lowest BCUT2D eigenvalue weighted by Crippen LogP contribution is -2.39. The van der Waals surface area contributed by atoms with Gasteiger partial charge >= 0.3 is 6.09 Å². The summed E-state index contributed by atoms with van der Waals surface area (Å²) < 4.78 is 5.59. The summed E-state index contributed by atoms with van der Waals surface area (Å²) in [4.78, 5) is 29.4. The molecule has 1 heterocycles. The number of fused-ring (bicyclic) bond motifs is 3. The predicted octanol–water partition coefficient (Wildman–Crippen LogP) is 4.35. The molecule has 2 aliphatic rings. The van der Waals surface area contributed by atoms with Gasteiger partial charge in [-0.15, -0.1) is 5.54 Å². The molecular formula is C24H32N2O3Si. The average Bonchev–Trinajstić information content (AvgIpc) is 3.06. The first-order valence-electron chi connectivity index (χ1n) is 10.4. The van der Waals surface area contributed by atoms with Gasteiger partial charge in [0.05, 0.1) is 6.04 Å². The van der Waals surface area contributed by atoms with Crippen molar-refractivity contribution in [2.75, 3.05) is 14.1 Å². The van der Waals surface area contributed by atoms with Gasteiger partial charge in [-0.05, 0) is 44.4 Å².